The molecule has 1 spiro atoms. The van der Waals surface area contributed by atoms with E-state index in [1.165, 1.54) is 55.6 Å². The lowest BCUT2D eigenvalue weighted by Gasteiger charge is -2.32. The molecule has 69 heavy (non-hydrogen) atoms. The number of hydrogen-bond donors (Lipinski definition) is 4. The smallest absolute Gasteiger partial charge is 0.127 e. The van der Waals surface area contributed by atoms with E-state index in [-0.39, 0.29) is 0 Å². The first-order valence-electron chi connectivity index (χ1n) is 23.4. The van der Waals surface area contributed by atoms with Crippen LogP contribution in [0.5, 0.6) is 23.0 Å². The number of aryl methyl sites for hydroxylation is 2. The summed E-state index contributed by atoms with van der Waals surface area (Å²) in [6.45, 7) is 4.24. The van der Waals surface area contributed by atoms with Crippen LogP contribution in [-0.2, 0) is 5.41 Å². The van der Waals surface area contributed by atoms with E-state index in [1.807, 2.05) is 84.9 Å². The Labute approximate surface area is 402 Å². The third kappa shape index (κ3) is 7.98. The fourth-order valence-electron chi connectivity index (χ4n) is 9.94. The second kappa shape index (κ2) is 17.3. The molecule has 0 unspecified atom stereocenters. The van der Waals surface area contributed by atoms with E-state index in [0.717, 1.165) is 68.5 Å². The summed E-state index contributed by atoms with van der Waals surface area (Å²) in [6, 6.07) is 80.7. The molecule has 6 heteroatoms. The molecular weight excluding hydrogens is 845 g/mol. The van der Waals surface area contributed by atoms with Crippen LogP contribution in [0.1, 0.15) is 33.4 Å². The predicted octanol–water partition coefficient (Wildman–Crippen LogP) is 17.2. The molecule has 0 atom stereocenters. The molecule has 0 aromatic heterocycles. The van der Waals surface area contributed by atoms with Gasteiger partial charge in [-0.2, -0.15) is 0 Å². The Bertz CT molecular complexity index is 3250. The SMILES string of the molecule is Cc1ccc(Nc2ccc3c(c2)C2(c4cc(Nc5ccc(C)cc5)ccc4-c4ccc(Nc5ccc(Oc6ccccc6)cc5)cc42)c2cc(Nc4ccc(Oc5ccccc5)cc4)ccc2-3)cc1. The van der Waals surface area contributed by atoms with Gasteiger partial charge in [-0.05, 0) is 204 Å². The Kier molecular flexibility index (Phi) is 10.4. The molecular formula is C63H48N4O2. The third-order valence-corrected chi connectivity index (χ3v) is 13.2. The molecule has 10 aromatic rings. The summed E-state index contributed by atoms with van der Waals surface area (Å²) in [5, 5.41) is 15.0. The van der Waals surface area contributed by atoms with E-state index in [9.17, 15) is 0 Å². The molecule has 0 radical (unpaired) electrons. The molecule has 12 rings (SSSR count). The molecule has 0 aliphatic heterocycles. The van der Waals surface area contributed by atoms with Crippen LogP contribution in [0.2, 0.25) is 0 Å². The number of hydrogen-bond acceptors (Lipinski definition) is 6. The number of benzene rings is 10. The van der Waals surface area contributed by atoms with Crippen LogP contribution in [0.3, 0.4) is 0 Å². The highest BCUT2D eigenvalue weighted by molar-refractivity contribution is 5.98. The molecule has 0 bridgehead atoms. The Hall–Kier alpha value is -9.00. The number of ether oxygens (including phenoxy) is 2. The number of para-hydroxylation sites is 2. The first-order chi connectivity index (χ1) is 33.9. The molecule has 0 amide bonds. The first-order valence-corrected chi connectivity index (χ1v) is 23.4. The maximum Gasteiger partial charge on any atom is 0.127 e. The average molecular weight is 893 g/mol. The van der Waals surface area contributed by atoms with E-state index in [0.29, 0.717) is 0 Å². The van der Waals surface area contributed by atoms with Crippen molar-refractivity contribution in [2.24, 2.45) is 0 Å². The summed E-state index contributed by atoms with van der Waals surface area (Å²) in [5.74, 6) is 3.16. The van der Waals surface area contributed by atoms with Gasteiger partial charge in [-0.25, -0.2) is 0 Å². The molecule has 6 nitrogen and oxygen atoms in total. The maximum absolute atomic E-state index is 6.14. The second-order valence-electron chi connectivity index (χ2n) is 17.9. The minimum Gasteiger partial charge on any atom is -0.457 e. The number of anilines is 8. The number of rotatable bonds is 12. The van der Waals surface area contributed by atoms with Gasteiger partial charge in [-0.15, -0.1) is 0 Å². The zero-order valence-electron chi connectivity index (χ0n) is 38.3. The topological polar surface area (TPSA) is 66.6 Å². The zero-order valence-corrected chi connectivity index (χ0v) is 38.3. The highest BCUT2D eigenvalue weighted by atomic mass is 16.5. The van der Waals surface area contributed by atoms with E-state index >= 15 is 0 Å². The van der Waals surface area contributed by atoms with Gasteiger partial charge in [-0.3, -0.25) is 0 Å². The maximum atomic E-state index is 6.14. The van der Waals surface area contributed by atoms with E-state index in [4.69, 9.17) is 9.47 Å². The van der Waals surface area contributed by atoms with Crippen molar-refractivity contribution >= 4 is 45.5 Å². The first kappa shape index (κ1) is 41.4. The molecule has 2 aliphatic carbocycles. The summed E-state index contributed by atoms with van der Waals surface area (Å²) in [7, 11) is 0. The summed E-state index contributed by atoms with van der Waals surface area (Å²) >= 11 is 0. The summed E-state index contributed by atoms with van der Waals surface area (Å²) in [5.41, 5.74) is 19.5. The van der Waals surface area contributed by atoms with Crippen molar-refractivity contribution < 1.29 is 9.47 Å². The van der Waals surface area contributed by atoms with E-state index < -0.39 is 5.41 Å². The van der Waals surface area contributed by atoms with Gasteiger partial charge in [0.05, 0.1) is 5.41 Å². The lowest BCUT2D eigenvalue weighted by atomic mass is 9.70. The van der Waals surface area contributed by atoms with Crippen molar-refractivity contribution in [3.8, 4) is 45.3 Å². The standard InChI is InChI=1S/C63H48N4O2/c1-41-13-17-43(18-14-41)64-47-25-33-55-57-35-27-49(66-45-21-29-53(30-22-45)68-51-9-5-3-6-10-51)39-61(57)63(59(55)37-47)60-38-48(65-44-19-15-42(2)16-20-44)26-34-56(60)58-36-28-50(40-62(58)63)67-46-23-31-54(32-24-46)69-52-11-7-4-8-12-52/h3-40,64-67H,1-2H3. The lowest BCUT2D eigenvalue weighted by molar-refractivity contribution is 0.482. The Morgan fingerprint density at radius 2 is 0.507 bits per heavy atom. The fourth-order valence-corrected chi connectivity index (χ4v) is 9.94. The average Bonchev–Trinajstić information content (AvgIpc) is 3.83. The quantitative estimate of drug-likeness (QED) is 0.0980. The van der Waals surface area contributed by atoms with Crippen molar-refractivity contribution in [2.45, 2.75) is 19.3 Å². The molecule has 0 fully saturated rings. The molecule has 0 heterocycles. The van der Waals surface area contributed by atoms with Crippen LogP contribution in [-0.4, -0.2) is 0 Å². The largest absolute Gasteiger partial charge is 0.457 e. The van der Waals surface area contributed by atoms with Crippen LogP contribution in [0.15, 0.2) is 231 Å². The van der Waals surface area contributed by atoms with Crippen molar-refractivity contribution in [1.82, 2.24) is 0 Å². The second-order valence-corrected chi connectivity index (χ2v) is 17.9. The predicted molar refractivity (Wildman–Crippen MR) is 284 cm³/mol. The van der Waals surface area contributed by atoms with Gasteiger partial charge in [0.2, 0.25) is 0 Å². The van der Waals surface area contributed by atoms with Crippen molar-refractivity contribution in [3.63, 3.8) is 0 Å². The van der Waals surface area contributed by atoms with Gasteiger partial charge < -0.3 is 30.7 Å². The van der Waals surface area contributed by atoms with Gasteiger partial charge in [0.25, 0.3) is 0 Å². The Morgan fingerprint density at radius 3 is 0.797 bits per heavy atom. The normalized spacial score (nSPS) is 12.3. The molecule has 2 aliphatic rings. The van der Waals surface area contributed by atoms with Crippen LogP contribution < -0.4 is 30.7 Å². The van der Waals surface area contributed by atoms with Crippen molar-refractivity contribution in [3.05, 3.63) is 264 Å². The lowest BCUT2D eigenvalue weighted by Crippen LogP contribution is -2.26. The fraction of sp³-hybridized carbons (Fsp3) is 0.0476. The summed E-state index contributed by atoms with van der Waals surface area (Å²) in [4.78, 5) is 0. The molecule has 4 N–H and O–H groups in total. The van der Waals surface area contributed by atoms with Gasteiger partial charge in [-0.1, -0.05) is 96.1 Å². The minimum atomic E-state index is -0.693. The highest BCUT2D eigenvalue weighted by Gasteiger charge is 2.52. The monoisotopic (exact) mass is 892 g/mol. The van der Waals surface area contributed by atoms with Crippen LogP contribution in [0.4, 0.5) is 45.5 Å². The Balaban J connectivity index is 0.993. The van der Waals surface area contributed by atoms with Gasteiger partial charge in [0.1, 0.15) is 23.0 Å². The molecule has 0 saturated heterocycles. The highest BCUT2D eigenvalue weighted by Crippen LogP contribution is 2.64. The van der Waals surface area contributed by atoms with Crippen molar-refractivity contribution in [1.29, 1.82) is 0 Å². The van der Waals surface area contributed by atoms with Gasteiger partial charge >= 0.3 is 0 Å². The summed E-state index contributed by atoms with van der Waals surface area (Å²) < 4.78 is 12.3. The molecule has 10 aromatic carbocycles. The minimum absolute atomic E-state index is 0.693. The van der Waals surface area contributed by atoms with E-state index in [1.54, 1.807) is 0 Å². The number of fused-ring (bicyclic) bond motifs is 10. The van der Waals surface area contributed by atoms with Crippen LogP contribution in [0.25, 0.3) is 22.3 Å². The zero-order chi connectivity index (χ0) is 46.3. The van der Waals surface area contributed by atoms with E-state index in [2.05, 4.69) is 181 Å². The van der Waals surface area contributed by atoms with Crippen molar-refractivity contribution in [2.75, 3.05) is 21.3 Å². The molecule has 332 valence electrons. The van der Waals surface area contributed by atoms with Gasteiger partial charge in [0, 0.05) is 45.5 Å². The third-order valence-electron chi connectivity index (χ3n) is 13.2. The molecule has 0 saturated carbocycles. The number of nitrogens with one attached hydrogen (secondary N) is 4. The van der Waals surface area contributed by atoms with Crippen LogP contribution in [0, 0.1) is 13.8 Å². The van der Waals surface area contributed by atoms with Gasteiger partial charge in [0.15, 0.2) is 0 Å². The Morgan fingerprint density at radius 1 is 0.261 bits per heavy atom. The summed E-state index contributed by atoms with van der Waals surface area (Å²) in [6.07, 6.45) is 0. The van der Waals surface area contributed by atoms with Crippen LogP contribution >= 0.6 is 0 Å².